The minimum atomic E-state index is -0.940. The van der Waals surface area contributed by atoms with Gasteiger partial charge in [-0.15, -0.1) is 0 Å². The summed E-state index contributed by atoms with van der Waals surface area (Å²) < 4.78 is 7.92. The van der Waals surface area contributed by atoms with Crippen LogP contribution in [0.15, 0.2) is 73.1 Å². The lowest BCUT2D eigenvalue weighted by atomic mass is 9.93. The van der Waals surface area contributed by atoms with Crippen molar-refractivity contribution in [3.63, 3.8) is 0 Å². The summed E-state index contributed by atoms with van der Waals surface area (Å²) in [6, 6.07) is 19.4. The van der Waals surface area contributed by atoms with Gasteiger partial charge in [-0.05, 0) is 97.0 Å². The summed E-state index contributed by atoms with van der Waals surface area (Å²) in [5, 5.41) is 13.8. The molecule has 7 nitrogen and oxygen atoms in total. The van der Waals surface area contributed by atoms with Crippen LogP contribution < -0.4 is 9.64 Å². The summed E-state index contributed by atoms with van der Waals surface area (Å²) in [5.41, 5.74) is 8.00. The van der Waals surface area contributed by atoms with E-state index in [0.29, 0.717) is 31.9 Å². The molecule has 1 N–H and O–H groups in total. The van der Waals surface area contributed by atoms with Gasteiger partial charge in [-0.25, -0.2) is 4.79 Å². The van der Waals surface area contributed by atoms with E-state index in [4.69, 9.17) is 4.74 Å². The summed E-state index contributed by atoms with van der Waals surface area (Å²) in [4.78, 5) is 26.6. The Balaban J connectivity index is 1.11. The van der Waals surface area contributed by atoms with Crippen LogP contribution in [0, 0.1) is 6.92 Å². The zero-order chi connectivity index (χ0) is 28.3. The van der Waals surface area contributed by atoms with E-state index < -0.39 is 5.97 Å². The van der Waals surface area contributed by atoms with Crippen LogP contribution >= 0.6 is 0 Å². The van der Waals surface area contributed by atoms with Gasteiger partial charge in [0.2, 0.25) is 5.91 Å². The molecule has 0 spiro atoms. The first kappa shape index (κ1) is 26.8. The Morgan fingerprint density at radius 3 is 2.73 bits per heavy atom. The molecule has 0 unspecified atom stereocenters. The number of carboxylic acids is 1. The third-order valence-electron chi connectivity index (χ3n) is 8.15. The molecule has 0 atom stereocenters. The number of benzene rings is 3. The van der Waals surface area contributed by atoms with Gasteiger partial charge in [0.05, 0.1) is 24.9 Å². The molecule has 0 saturated heterocycles. The van der Waals surface area contributed by atoms with Crippen LogP contribution in [0.2, 0.25) is 0 Å². The molecule has 1 aromatic heterocycles. The largest absolute Gasteiger partial charge is 0.493 e. The number of ether oxygens (including phenoxy) is 1. The van der Waals surface area contributed by atoms with Gasteiger partial charge in [0.25, 0.3) is 0 Å². The number of fused-ring (bicyclic) bond motifs is 1. The second-order valence-corrected chi connectivity index (χ2v) is 11.1. The monoisotopic (exact) mass is 549 g/mol. The standard InChI is InChI=1S/C34H35N3O4/c1-23-28(25-15-16-25)9-4-13-32(23)41-18-6-14-33(38)37-17-5-11-30-29(10-3-12-31(30)37)27-20-35-36(22-27)21-24-7-2-8-26(19-24)34(39)40/h2-4,7-10,12-13,19-20,22,25H,5-6,11,14-18,21H2,1H3,(H,39,40). The SMILES string of the molecule is Cc1c(OCCCC(=O)N2CCCc3c(-c4cnn(Cc5cccc(C(=O)O)c5)c4)cccc32)cccc1C1CC1. The molecule has 0 bridgehead atoms. The average Bonchev–Trinajstić information content (AvgIpc) is 3.73. The predicted octanol–water partition coefficient (Wildman–Crippen LogP) is 6.62. The van der Waals surface area contributed by atoms with E-state index in [1.807, 2.05) is 46.2 Å². The first-order valence-electron chi connectivity index (χ1n) is 14.5. The molecule has 41 heavy (non-hydrogen) atoms. The number of rotatable bonds is 10. The first-order valence-corrected chi connectivity index (χ1v) is 14.5. The van der Waals surface area contributed by atoms with E-state index in [2.05, 4.69) is 30.2 Å². The van der Waals surface area contributed by atoms with Crippen molar-refractivity contribution in [2.75, 3.05) is 18.1 Å². The molecule has 1 amide bonds. The summed E-state index contributed by atoms with van der Waals surface area (Å²) in [5.74, 6) is 0.813. The Morgan fingerprint density at radius 1 is 1.07 bits per heavy atom. The van der Waals surface area contributed by atoms with Gasteiger partial charge in [-0.2, -0.15) is 5.10 Å². The summed E-state index contributed by atoms with van der Waals surface area (Å²) in [6.07, 6.45) is 9.30. The fraction of sp³-hybridized carbons (Fsp3) is 0.324. The van der Waals surface area contributed by atoms with E-state index in [1.54, 1.807) is 18.2 Å². The van der Waals surface area contributed by atoms with Gasteiger partial charge in [0.1, 0.15) is 5.75 Å². The maximum Gasteiger partial charge on any atom is 0.335 e. The third-order valence-corrected chi connectivity index (χ3v) is 8.15. The van der Waals surface area contributed by atoms with Gasteiger partial charge in [-0.3, -0.25) is 9.48 Å². The molecular weight excluding hydrogens is 514 g/mol. The van der Waals surface area contributed by atoms with Crippen LogP contribution in [0.1, 0.15) is 70.6 Å². The molecule has 1 aliphatic carbocycles. The highest BCUT2D eigenvalue weighted by Crippen LogP contribution is 2.43. The summed E-state index contributed by atoms with van der Waals surface area (Å²) in [6.45, 7) is 3.86. The van der Waals surface area contributed by atoms with Crippen LogP contribution in [0.4, 0.5) is 5.69 Å². The van der Waals surface area contributed by atoms with Crippen molar-refractivity contribution in [1.82, 2.24) is 9.78 Å². The number of aromatic nitrogens is 2. The number of hydrogen-bond acceptors (Lipinski definition) is 4. The number of carbonyl (C=O) groups excluding carboxylic acids is 1. The minimum Gasteiger partial charge on any atom is -0.493 e. The molecule has 2 heterocycles. The van der Waals surface area contributed by atoms with E-state index in [0.717, 1.165) is 47.5 Å². The highest BCUT2D eigenvalue weighted by atomic mass is 16.5. The molecule has 3 aromatic carbocycles. The van der Waals surface area contributed by atoms with Crippen LogP contribution in [-0.2, 0) is 17.8 Å². The van der Waals surface area contributed by atoms with Gasteiger partial charge < -0.3 is 14.7 Å². The molecule has 0 radical (unpaired) electrons. The number of hydrogen-bond donors (Lipinski definition) is 1. The molecule has 4 aromatic rings. The van der Waals surface area contributed by atoms with E-state index >= 15 is 0 Å². The zero-order valence-electron chi connectivity index (χ0n) is 23.4. The Hall–Kier alpha value is -4.39. The van der Waals surface area contributed by atoms with Crippen molar-refractivity contribution in [3.8, 4) is 16.9 Å². The maximum absolute atomic E-state index is 13.3. The zero-order valence-corrected chi connectivity index (χ0v) is 23.4. The fourth-order valence-electron chi connectivity index (χ4n) is 5.90. The molecule has 6 rings (SSSR count). The Bertz CT molecular complexity index is 1590. The maximum atomic E-state index is 13.3. The number of amides is 1. The highest BCUT2D eigenvalue weighted by molar-refractivity contribution is 5.96. The van der Waals surface area contributed by atoms with E-state index in [-0.39, 0.29) is 11.5 Å². The van der Waals surface area contributed by atoms with E-state index in [9.17, 15) is 14.7 Å². The lowest BCUT2D eigenvalue weighted by Crippen LogP contribution is -2.35. The second kappa shape index (κ2) is 11.6. The van der Waals surface area contributed by atoms with Crippen molar-refractivity contribution in [1.29, 1.82) is 0 Å². The van der Waals surface area contributed by atoms with Crippen molar-refractivity contribution < 1.29 is 19.4 Å². The molecule has 1 fully saturated rings. The molecular formula is C34H35N3O4. The lowest BCUT2D eigenvalue weighted by molar-refractivity contribution is -0.118. The normalized spacial score (nSPS) is 14.5. The summed E-state index contributed by atoms with van der Waals surface area (Å²) >= 11 is 0. The van der Waals surface area contributed by atoms with Crippen molar-refractivity contribution in [2.45, 2.75) is 57.9 Å². The number of aromatic carboxylic acids is 1. The number of carbonyl (C=O) groups is 2. The molecule has 2 aliphatic rings. The number of anilines is 1. The third kappa shape index (κ3) is 5.89. The lowest BCUT2D eigenvalue weighted by Gasteiger charge is -2.31. The number of nitrogens with zero attached hydrogens (tertiary/aromatic N) is 3. The quantitative estimate of drug-likeness (QED) is 0.225. The van der Waals surface area contributed by atoms with Crippen LogP contribution in [0.3, 0.4) is 0 Å². The van der Waals surface area contributed by atoms with Gasteiger partial charge in [-0.1, -0.05) is 36.4 Å². The molecule has 1 aliphatic heterocycles. The molecule has 7 heteroatoms. The Kier molecular flexibility index (Phi) is 7.59. The Morgan fingerprint density at radius 2 is 1.90 bits per heavy atom. The van der Waals surface area contributed by atoms with Crippen LogP contribution in [0.5, 0.6) is 5.75 Å². The highest BCUT2D eigenvalue weighted by Gasteiger charge is 2.27. The Labute approximate surface area is 240 Å². The summed E-state index contributed by atoms with van der Waals surface area (Å²) in [7, 11) is 0. The minimum absolute atomic E-state index is 0.129. The van der Waals surface area contributed by atoms with Crippen molar-refractivity contribution in [3.05, 3.63) is 101 Å². The van der Waals surface area contributed by atoms with Crippen LogP contribution in [0.25, 0.3) is 11.1 Å². The fourth-order valence-corrected chi connectivity index (χ4v) is 5.90. The van der Waals surface area contributed by atoms with Gasteiger partial charge in [0.15, 0.2) is 0 Å². The smallest absolute Gasteiger partial charge is 0.335 e. The first-order chi connectivity index (χ1) is 20.0. The predicted molar refractivity (Wildman–Crippen MR) is 159 cm³/mol. The van der Waals surface area contributed by atoms with Crippen molar-refractivity contribution >= 4 is 17.6 Å². The van der Waals surface area contributed by atoms with Gasteiger partial charge in [0, 0.05) is 30.4 Å². The second-order valence-electron chi connectivity index (χ2n) is 11.1. The van der Waals surface area contributed by atoms with Crippen LogP contribution in [-0.4, -0.2) is 39.9 Å². The number of carboxylic acid groups (broad SMARTS) is 1. The van der Waals surface area contributed by atoms with Gasteiger partial charge >= 0.3 is 5.97 Å². The van der Waals surface area contributed by atoms with E-state index in [1.165, 1.54) is 29.5 Å². The van der Waals surface area contributed by atoms with Crippen molar-refractivity contribution in [2.24, 2.45) is 0 Å². The average molecular weight is 550 g/mol. The molecule has 1 saturated carbocycles. The molecule has 210 valence electrons. The topological polar surface area (TPSA) is 84.7 Å².